The zero-order valence-electron chi connectivity index (χ0n) is 8.06. The summed E-state index contributed by atoms with van der Waals surface area (Å²) in [5.41, 5.74) is 5.40. The summed E-state index contributed by atoms with van der Waals surface area (Å²) in [5, 5.41) is 0. The lowest BCUT2D eigenvalue weighted by Crippen LogP contribution is -2.12. The Balaban J connectivity index is 0.000000249. The van der Waals surface area contributed by atoms with Crippen LogP contribution in [0.5, 0.6) is 0 Å². The number of primary amides is 1. The normalized spacial score (nSPS) is 12.2. The second-order valence-corrected chi connectivity index (χ2v) is 2.56. The maximum absolute atomic E-state index is 10.2. The van der Waals surface area contributed by atoms with Gasteiger partial charge in [-0.05, 0) is 6.42 Å². The molecule has 0 atom stereocenters. The molecule has 0 aromatic heterocycles. The molecule has 0 fully saturated rings. The highest BCUT2D eigenvalue weighted by Gasteiger charge is 1.96. The highest BCUT2D eigenvalue weighted by Crippen LogP contribution is 1.98. The van der Waals surface area contributed by atoms with Crippen LogP contribution in [0.3, 0.4) is 0 Å². The van der Waals surface area contributed by atoms with Crippen LogP contribution in [0.1, 0.15) is 19.8 Å². The lowest BCUT2D eigenvalue weighted by Gasteiger charge is -1.93. The third-order valence-electron chi connectivity index (χ3n) is 1.34. The van der Waals surface area contributed by atoms with Gasteiger partial charge in [0, 0.05) is 5.57 Å². The summed E-state index contributed by atoms with van der Waals surface area (Å²) in [6.07, 6.45) is 4.38. The van der Waals surface area contributed by atoms with Gasteiger partial charge in [0.25, 0.3) is 0 Å². The highest BCUT2D eigenvalue weighted by atomic mass is 16.2. The molecule has 1 aliphatic heterocycles. The average molecular weight is 195 g/mol. The molecule has 0 saturated carbocycles. The number of carbonyl (C=O) groups is 2. The van der Waals surface area contributed by atoms with Gasteiger partial charge in [-0.1, -0.05) is 19.9 Å². The van der Waals surface area contributed by atoms with E-state index in [1.165, 1.54) is 12.4 Å². The fourth-order valence-electron chi connectivity index (χ4n) is 0.653. The zero-order valence-corrected chi connectivity index (χ0v) is 8.06. The van der Waals surface area contributed by atoms with Gasteiger partial charge in [0.2, 0.25) is 5.91 Å². The van der Waals surface area contributed by atoms with E-state index < -0.39 is 6.03 Å². The highest BCUT2D eigenvalue weighted by molar-refractivity contribution is 6.25. The number of carbonyl (C=O) groups excluding carboxylic acids is 2. The maximum atomic E-state index is 10.2. The molecule has 76 valence electrons. The fraction of sp³-hybridized carbons (Fsp3) is 0.333. The standard InChI is InChI=1S/C6H11NO.C3H2N2O/c1-3-4-5(2)6(7)8;6-3-4-1-2-5-3/h2-4H2,1H3,(H2,7,8);1-2H. The van der Waals surface area contributed by atoms with Gasteiger partial charge < -0.3 is 5.73 Å². The van der Waals surface area contributed by atoms with E-state index in [1.807, 2.05) is 6.92 Å². The largest absolute Gasteiger partial charge is 0.367 e. The molecule has 0 aromatic carbocycles. The molecular formula is C9H13N3O2. The van der Waals surface area contributed by atoms with E-state index in [0.29, 0.717) is 5.57 Å². The van der Waals surface area contributed by atoms with Crippen molar-refractivity contribution < 1.29 is 9.59 Å². The van der Waals surface area contributed by atoms with Crippen molar-refractivity contribution >= 4 is 24.4 Å². The Morgan fingerprint density at radius 3 is 2.14 bits per heavy atom. The van der Waals surface area contributed by atoms with Crippen LogP contribution in [0.4, 0.5) is 4.79 Å². The third kappa shape index (κ3) is 5.82. The molecule has 0 aromatic rings. The van der Waals surface area contributed by atoms with E-state index in [1.54, 1.807) is 0 Å². The topological polar surface area (TPSA) is 84.9 Å². The summed E-state index contributed by atoms with van der Waals surface area (Å²) < 4.78 is 0. The van der Waals surface area contributed by atoms with Gasteiger partial charge in [0.1, 0.15) is 0 Å². The van der Waals surface area contributed by atoms with Crippen molar-refractivity contribution in [1.82, 2.24) is 0 Å². The number of aliphatic imine (C=N–C) groups is 2. The van der Waals surface area contributed by atoms with Crippen LogP contribution in [0, 0.1) is 0 Å². The van der Waals surface area contributed by atoms with Gasteiger partial charge in [-0.2, -0.15) is 9.98 Å². The molecule has 14 heavy (non-hydrogen) atoms. The van der Waals surface area contributed by atoms with Crippen molar-refractivity contribution in [3.05, 3.63) is 12.2 Å². The van der Waals surface area contributed by atoms with Crippen molar-refractivity contribution in [2.75, 3.05) is 0 Å². The van der Waals surface area contributed by atoms with Gasteiger partial charge in [-0.15, -0.1) is 0 Å². The van der Waals surface area contributed by atoms with Crippen LogP contribution in [-0.2, 0) is 4.79 Å². The zero-order chi connectivity index (χ0) is 11.0. The molecule has 3 amide bonds. The number of hydrogen-bond donors (Lipinski definition) is 1. The van der Waals surface area contributed by atoms with E-state index in [0.717, 1.165) is 12.8 Å². The lowest BCUT2D eigenvalue weighted by molar-refractivity contribution is -0.114. The number of rotatable bonds is 3. The summed E-state index contributed by atoms with van der Waals surface area (Å²) in [6.45, 7) is 5.45. The summed E-state index contributed by atoms with van der Waals surface area (Å²) in [5.74, 6) is -0.383. The smallest absolute Gasteiger partial charge is 0.366 e. The Morgan fingerprint density at radius 1 is 1.50 bits per heavy atom. The minimum Gasteiger partial charge on any atom is -0.366 e. The van der Waals surface area contributed by atoms with Crippen molar-refractivity contribution in [2.45, 2.75) is 19.8 Å². The van der Waals surface area contributed by atoms with Gasteiger partial charge in [-0.3, -0.25) is 4.79 Å². The third-order valence-corrected chi connectivity index (χ3v) is 1.34. The quantitative estimate of drug-likeness (QED) is 0.683. The number of urea groups is 1. The molecule has 1 aliphatic rings. The monoisotopic (exact) mass is 195 g/mol. The van der Waals surface area contributed by atoms with Gasteiger partial charge >= 0.3 is 6.03 Å². The van der Waals surface area contributed by atoms with Crippen LogP contribution in [0.2, 0.25) is 0 Å². The molecule has 0 saturated heterocycles. The molecule has 1 heterocycles. The van der Waals surface area contributed by atoms with E-state index in [9.17, 15) is 9.59 Å². The number of nitrogens with zero attached hydrogens (tertiary/aromatic N) is 2. The Morgan fingerprint density at radius 2 is 2.00 bits per heavy atom. The van der Waals surface area contributed by atoms with Crippen LogP contribution < -0.4 is 5.73 Å². The minimum absolute atomic E-state index is 0.383. The lowest BCUT2D eigenvalue weighted by atomic mass is 10.2. The van der Waals surface area contributed by atoms with E-state index in [-0.39, 0.29) is 5.91 Å². The summed E-state index contributed by atoms with van der Waals surface area (Å²) in [7, 11) is 0. The van der Waals surface area contributed by atoms with Crippen LogP contribution in [0.15, 0.2) is 22.1 Å². The Bertz CT molecular complexity index is 278. The molecule has 0 unspecified atom stereocenters. The first-order chi connectivity index (χ1) is 6.57. The second-order valence-electron chi connectivity index (χ2n) is 2.56. The summed E-state index contributed by atoms with van der Waals surface area (Å²) in [6, 6.07) is -0.407. The molecule has 5 heteroatoms. The van der Waals surface area contributed by atoms with Crippen LogP contribution >= 0.6 is 0 Å². The first-order valence-electron chi connectivity index (χ1n) is 4.16. The molecule has 2 N–H and O–H groups in total. The first kappa shape index (κ1) is 12.2. The van der Waals surface area contributed by atoms with Crippen molar-refractivity contribution in [1.29, 1.82) is 0 Å². The van der Waals surface area contributed by atoms with Crippen LogP contribution in [-0.4, -0.2) is 24.4 Å². The van der Waals surface area contributed by atoms with Crippen molar-refractivity contribution in [3.63, 3.8) is 0 Å². The molecule has 1 rings (SSSR count). The predicted molar refractivity (Wildman–Crippen MR) is 55.6 cm³/mol. The molecular weight excluding hydrogens is 182 g/mol. The molecule has 5 nitrogen and oxygen atoms in total. The second kappa shape index (κ2) is 6.71. The van der Waals surface area contributed by atoms with Gasteiger partial charge in [0.15, 0.2) is 0 Å². The van der Waals surface area contributed by atoms with E-state index in [2.05, 4.69) is 16.6 Å². The number of nitrogens with two attached hydrogens (primary N) is 1. The number of amides is 3. The number of hydrogen-bond acceptors (Lipinski definition) is 2. The molecule has 0 aliphatic carbocycles. The van der Waals surface area contributed by atoms with Gasteiger partial charge in [-0.25, -0.2) is 4.79 Å². The fourth-order valence-corrected chi connectivity index (χ4v) is 0.653. The molecule has 0 bridgehead atoms. The predicted octanol–water partition coefficient (Wildman–Crippen LogP) is 1.09. The average Bonchev–Trinajstić information content (AvgIpc) is 2.57. The Labute approximate surface area is 82.4 Å². The van der Waals surface area contributed by atoms with E-state index >= 15 is 0 Å². The Kier molecular flexibility index (Phi) is 5.85. The van der Waals surface area contributed by atoms with Gasteiger partial charge in [0.05, 0.1) is 12.4 Å². The maximum Gasteiger partial charge on any atom is 0.367 e. The van der Waals surface area contributed by atoms with Crippen molar-refractivity contribution in [3.8, 4) is 0 Å². The summed E-state index contributed by atoms with van der Waals surface area (Å²) >= 11 is 0. The summed E-state index contributed by atoms with van der Waals surface area (Å²) in [4.78, 5) is 26.6. The van der Waals surface area contributed by atoms with Crippen molar-refractivity contribution in [2.24, 2.45) is 15.7 Å². The molecule has 0 radical (unpaired) electrons. The van der Waals surface area contributed by atoms with E-state index in [4.69, 9.17) is 5.73 Å². The minimum atomic E-state index is -0.407. The first-order valence-corrected chi connectivity index (χ1v) is 4.16. The van der Waals surface area contributed by atoms with Crippen LogP contribution in [0.25, 0.3) is 0 Å². The Hall–Kier alpha value is -1.78. The molecule has 0 spiro atoms. The SMILES string of the molecule is C=C(CCC)C(N)=O.O=C1N=CC=N1.